The molecule has 0 bridgehead atoms. The number of esters is 1. The van der Waals surface area contributed by atoms with Crippen molar-refractivity contribution in [2.24, 2.45) is 34.1 Å². The number of hydrogen-bond acceptors (Lipinski definition) is 4. The number of carbonyl (C=O) groups is 1. The fourth-order valence-corrected chi connectivity index (χ4v) is 8.31. The lowest BCUT2D eigenvalue weighted by molar-refractivity contribution is -0.136. The molecule has 0 aromatic heterocycles. The van der Waals surface area contributed by atoms with Gasteiger partial charge in [-0.1, -0.05) is 40.5 Å². The number of nitrogens with two attached hydrogens (primary N) is 2. The quantitative estimate of drug-likeness (QED) is 0.352. The van der Waals surface area contributed by atoms with Crippen molar-refractivity contribution in [2.75, 3.05) is 6.54 Å². The molecule has 0 aliphatic heterocycles. The highest BCUT2D eigenvalue weighted by molar-refractivity contribution is 5.78. The maximum Gasteiger partial charge on any atom is 0.328 e. The van der Waals surface area contributed by atoms with Gasteiger partial charge in [-0.05, 0) is 115 Å². The van der Waals surface area contributed by atoms with Crippen molar-refractivity contribution < 1.29 is 9.53 Å². The van der Waals surface area contributed by atoms with Gasteiger partial charge in [0.15, 0.2) is 0 Å². The van der Waals surface area contributed by atoms with E-state index in [1.807, 2.05) is 0 Å². The van der Waals surface area contributed by atoms with Crippen molar-refractivity contribution in [3.05, 3.63) is 28.8 Å². The lowest BCUT2D eigenvalue weighted by Crippen LogP contribution is -2.55. The third-order valence-corrected chi connectivity index (χ3v) is 9.67. The Hall–Kier alpha value is -1.39. The zero-order valence-corrected chi connectivity index (χ0v) is 20.9. The highest BCUT2D eigenvalue weighted by Crippen LogP contribution is 2.67. The van der Waals surface area contributed by atoms with Gasteiger partial charge in [0.05, 0.1) is 0 Å². The summed E-state index contributed by atoms with van der Waals surface area (Å²) in [6.45, 7) is 12.9. The lowest BCUT2D eigenvalue weighted by atomic mass is 9.43. The van der Waals surface area contributed by atoms with Crippen molar-refractivity contribution in [3.8, 4) is 5.75 Å². The van der Waals surface area contributed by atoms with E-state index in [-0.39, 0.29) is 11.4 Å². The van der Waals surface area contributed by atoms with E-state index in [0.717, 1.165) is 25.2 Å². The minimum absolute atomic E-state index is 0.221. The summed E-state index contributed by atoms with van der Waals surface area (Å²) >= 11 is 0. The van der Waals surface area contributed by atoms with E-state index in [4.69, 9.17) is 16.2 Å². The third kappa shape index (κ3) is 3.81. The predicted molar refractivity (Wildman–Crippen MR) is 131 cm³/mol. The molecular weight excluding hydrogens is 396 g/mol. The molecule has 1 unspecified atom stereocenters. The average Bonchev–Trinajstić information content (AvgIpc) is 3.01. The summed E-state index contributed by atoms with van der Waals surface area (Å²) < 4.78 is 5.77. The van der Waals surface area contributed by atoms with Crippen LogP contribution in [0.4, 0.5) is 0 Å². The normalized spacial score (nSPS) is 33.7. The fourth-order valence-electron chi connectivity index (χ4n) is 8.31. The molecule has 5 atom stereocenters. The van der Waals surface area contributed by atoms with Crippen LogP contribution in [0, 0.1) is 29.6 Å². The van der Waals surface area contributed by atoms with Crippen LogP contribution in [0.15, 0.2) is 12.1 Å². The number of carbonyl (C=O) groups excluding carboxylic acids is 1. The van der Waals surface area contributed by atoms with E-state index >= 15 is 0 Å². The second-order valence-corrected chi connectivity index (χ2v) is 12.2. The number of fused-ring (bicyclic) bond motifs is 5. The maximum atomic E-state index is 12.6. The molecule has 4 heteroatoms. The van der Waals surface area contributed by atoms with Gasteiger partial charge >= 0.3 is 5.97 Å². The van der Waals surface area contributed by atoms with Gasteiger partial charge in [0.1, 0.15) is 11.8 Å². The standard InChI is InChI=1S/C28H44N2O2/c1-18-15-20(32-25(31)21(30)9-6-7-14-29)16-19-17-23-27(4)12-8-11-26(2,3)22(27)10-13-28(23,5)24(18)19/h15-16,21-23H,6-14,17,29-30H2,1-5H3/t21?,22-,23-,27-,28-/m0/s1. The number of ether oxygens (including phenoxy) is 1. The fraction of sp³-hybridized carbons (Fsp3) is 0.750. The minimum Gasteiger partial charge on any atom is -0.425 e. The molecule has 0 heterocycles. The number of benzene rings is 1. The highest BCUT2D eigenvalue weighted by atomic mass is 16.5. The molecule has 178 valence electrons. The molecule has 4 nitrogen and oxygen atoms in total. The molecule has 2 saturated carbocycles. The van der Waals surface area contributed by atoms with E-state index in [0.29, 0.717) is 35.5 Å². The van der Waals surface area contributed by atoms with Crippen LogP contribution >= 0.6 is 0 Å². The van der Waals surface area contributed by atoms with Crippen molar-refractivity contribution in [1.29, 1.82) is 0 Å². The monoisotopic (exact) mass is 440 g/mol. The molecular formula is C28H44N2O2. The van der Waals surface area contributed by atoms with E-state index in [2.05, 4.69) is 46.8 Å². The Morgan fingerprint density at radius 2 is 1.88 bits per heavy atom. The van der Waals surface area contributed by atoms with Gasteiger partial charge in [0.2, 0.25) is 0 Å². The molecule has 0 saturated heterocycles. The summed E-state index contributed by atoms with van der Waals surface area (Å²) in [7, 11) is 0. The van der Waals surface area contributed by atoms with E-state index < -0.39 is 6.04 Å². The molecule has 0 radical (unpaired) electrons. The zero-order valence-electron chi connectivity index (χ0n) is 20.9. The topological polar surface area (TPSA) is 78.3 Å². The molecule has 1 aromatic carbocycles. The van der Waals surface area contributed by atoms with E-state index in [1.54, 1.807) is 0 Å². The Morgan fingerprint density at radius 1 is 1.12 bits per heavy atom. The Bertz CT molecular complexity index is 878. The van der Waals surface area contributed by atoms with Gasteiger partial charge in [-0.25, -0.2) is 4.79 Å². The van der Waals surface area contributed by atoms with Gasteiger partial charge in [-0.15, -0.1) is 0 Å². The number of unbranched alkanes of at least 4 members (excludes halogenated alkanes) is 1. The summed E-state index contributed by atoms with van der Waals surface area (Å²) in [6.07, 6.45) is 10.1. The first-order valence-corrected chi connectivity index (χ1v) is 12.8. The van der Waals surface area contributed by atoms with Crippen LogP contribution in [0.3, 0.4) is 0 Å². The maximum absolute atomic E-state index is 12.6. The first-order valence-electron chi connectivity index (χ1n) is 12.8. The molecule has 0 amide bonds. The summed E-state index contributed by atoms with van der Waals surface area (Å²) in [5.74, 6) is 1.78. The first-order chi connectivity index (χ1) is 15.0. The van der Waals surface area contributed by atoms with Crippen LogP contribution in [0.1, 0.15) is 95.8 Å². The number of hydrogen-bond donors (Lipinski definition) is 2. The van der Waals surface area contributed by atoms with Crippen molar-refractivity contribution >= 4 is 5.97 Å². The van der Waals surface area contributed by atoms with Gasteiger partial charge in [0, 0.05) is 0 Å². The molecule has 32 heavy (non-hydrogen) atoms. The molecule has 4 N–H and O–H groups in total. The summed E-state index contributed by atoms with van der Waals surface area (Å²) in [4.78, 5) is 12.6. The second kappa shape index (κ2) is 8.43. The smallest absolute Gasteiger partial charge is 0.328 e. The van der Waals surface area contributed by atoms with Crippen molar-refractivity contribution in [3.63, 3.8) is 0 Å². The van der Waals surface area contributed by atoms with E-state index in [1.165, 1.54) is 48.8 Å². The van der Waals surface area contributed by atoms with Crippen LogP contribution in [-0.2, 0) is 16.6 Å². The van der Waals surface area contributed by atoms with Crippen LogP contribution in [0.5, 0.6) is 5.75 Å². The van der Waals surface area contributed by atoms with E-state index in [9.17, 15) is 4.79 Å². The lowest BCUT2D eigenvalue weighted by Gasteiger charge is -2.61. The predicted octanol–water partition coefficient (Wildman–Crippen LogP) is 5.41. The Morgan fingerprint density at radius 3 is 2.59 bits per heavy atom. The molecule has 0 spiro atoms. The zero-order chi connectivity index (χ0) is 23.3. The summed E-state index contributed by atoms with van der Waals surface area (Å²) in [5, 5.41) is 0. The number of aryl methyl sites for hydroxylation is 1. The largest absolute Gasteiger partial charge is 0.425 e. The van der Waals surface area contributed by atoms with Crippen LogP contribution in [0.2, 0.25) is 0 Å². The van der Waals surface area contributed by atoms with Crippen molar-refractivity contribution in [2.45, 2.75) is 104 Å². The Kier molecular flexibility index (Phi) is 6.26. The minimum atomic E-state index is -0.584. The Balaban J connectivity index is 1.58. The molecule has 2 fully saturated rings. The second-order valence-electron chi connectivity index (χ2n) is 12.2. The van der Waals surface area contributed by atoms with Crippen LogP contribution in [-0.4, -0.2) is 18.6 Å². The SMILES string of the molecule is Cc1cc(OC(=O)C(N)CCCCN)cc2c1[C@@]1(C)CC[C@H]3C(C)(C)CCC[C@]3(C)[C@@H]1C2. The molecule has 1 aromatic rings. The third-order valence-electron chi connectivity index (χ3n) is 9.67. The van der Waals surface area contributed by atoms with Gasteiger partial charge < -0.3 is 16.2 Å². The number of rotatable bonds is 6. The summed E-state index contributed by atoms with van der Waals surface area (Å²) in [6, 6.07) is 3.62. The van der Waals surface area contributed by atoms with Gasteiger partial charge in [0.25, 0.3) is 0 Å². The van der Waals surface area contributed by atoms with Gasteiger partial charge in [-0.3, -0.25) is 0 Å². The van der Waals surface area contributed by atoms with Crippen LogP contribution < -0.4 is 16.2 Å². The van der Waals surface area contributed by atoms with Crippen molar-refractivity contribution in [1.82, 2.24) is 0 Å². The summed E-state index contributed by atoms with van der Waals surface area (Å²) in [5.41, 5.74) is 16.8. The molecule has 4 rings (SSSR count). The Labute approximate surface area is 194 Å². The van der Waals surface area contributed by atoms with Crippen LogP contribution in [0.25, 0.3) is 0 Å². The first kappa shape index (κ1) is 23.8. The molecule has 3 aliphatic carbocycles. The molecule has 3 aliphatic rings. The highest BCUT2D eigenvalue weighted by Gasteiger charge is 2.61. The average molecular weight is 441 g/mol. The van der Waals surface area contributed by atoms with Gasteiger partial charge in [-0.2, -0.15) is 0 Å².